The molecule has 0 amide bonds. The Balaban J connectivity index is 2.03. The molecule has 0 bridgehead atoms. The van der Waals surface area contributed by atoms with Gasteiger partial charge in [0.25, 0.3) is 0 Å². The van der Waals surface area contributed by atoms with E-state index in [1.807, 2.05) is 12.1 Å². The Labute approximate surface area is 146 Å². The number of esters is 1. The van der Waals surface area contributed by atoms with Gasteiger partial charge in [0, 0.05) is 17.9 Å². The van der Waals surface area contributed by atoms with Crippen molar-refractivity contribution in [3.8, 4) is 0 Å². The average molecular weight is 360 g/mol. The predicted molar refractivity (Wildman–Crippen MR) is 91.1 cm³/mol. The van der Waals surface area contributed by atoms with E-state index >= 15 is 0 Å². The van der Waals surface area contributed by atoms with Crippen molar-refractivity contribution in [1.82, 2.24) is 0 Å². The van der Waals surface area contributed by atoms with Crippen LogP contribution >= 0.6 is 0 Å². The van der Waals surface area contributed by atoms with E-state index in [2.05, 4.69) is 0 Å². The number of carbonyl (C=O) groups is 1. The second-order valence-electron chi connectivity index (χ2n) is 5.59. The number of nitrogens with two attached hydrogens (primary N) is 1. The lowest BCUT2D eigenvalue weighted by molar-refractivity contribution is -0.133. The molecule has 0 saturated heterocycles. The highest BCUT2D eigenvalue weighted by Crippen LogP contribution is 2.33. The fourth-order valence-corrected chi connectivity index (χ4v) is 3.20. The molecule has 2 N–H and O–H groups in total. The fraction of sp³-hybridized carbons (Fsp3) is 0.167. The van der Waals surface area contributed by atoms with E-state index in [1.165, 1.54) is 12.1 Å². The molecule has 1 atom stereocenters. The molecule has 1 unspecified atom stereocenters. The Hall–Kier alpha value is -2.35. The van der Waals surface area contributed by atoms with E-state index in [0.717, 1.165) is 5.56 Å². The molecule has 2 aromatic rings. The van der Waals surface area contributed by atoms with Crippen molar-refractivity contribution in [3.63, 3.8) is 0 Å². The highest BCUT2D eigenvalue weighted by molar-refractivity contribution is 7.78. The first-order valence-electron chi connectivity index (χ1n) is 7.54. The van der Waals surface area contributed by atoms with E-state index in [1.54, 1.807) is 18.2 Å². The number of hydrogen-bond acceptors (Lipinski definition) is 5. The lowest BCUT2D eigenvalue weighted by Crippen LogP contribution is -2.00. The minimum Gasteiger partial charge on any atom is -0.772 e. The van der Waals surface area contributed by atoms with Crippen LogP contribution < -0.4 is 5.73 Å². The molecule has 1 aliphatic heterocycles. The molecular weight excluding hydrogens is 345 g/mol. The summed E-state index contributed by atoms with van der Waals surface area (Å²) in [6.45, 7) is 0.434. The van der Waals surface area contributed by atoms with Gasteiger partial charge in [-0.2, -0.15) is 0 Å². The summed E-state index contributed by atoms with van der Waals surface area (Å²) in [4.78, 5) is 12.1. The average Bonchev–Trinajstić information content (AvgIpc) is 2.98. The van der Waals surface area contributed by atoms with Gasteiger partial charge in [-0.25, -0.2) is 9.18 Å². The maximum atomic E-state index is 14.2. The maximum absolute atomic E-state index is 14.2. The number of ether oxygens (including phenoxy) is 1. The van der Waals surface area contributed by atoms with E-state index < -0.39 is 28.6 Å². The normalized spacial score (nSPS) is 15.4. The second-order valence-corrected chi connectivity index (χ2v) is 6.48. The Kier molecular flexibility index (Phi) is 5.08. The van der Waals surface area contributed by atoms with Gasteiger partial charge in [0.15, 0.2) is 0 Å². The molecule has 1 heterocycles. The number of cyclic esters (lactones) is 1. The third-order valence-corrected chi connectivity index (χ3v) is 4.55. The van der Waals surface area contributed by atoms with Crippen LogP contribution in [0.1, 0.15) is 22.3 Å². The molecule has 1 aliphatic rings. The first-order chi connectivity index (χ1) is 12.0. The topological polar surface area (TPSA) is 92.5 Å². The summed E-state index contributed by atoms with van der Waals surface area (Å²) in [6, 6.07) is 11.4. The van der Waals surface area contributed by atoms with Gasteiger partial charge in [-0.1, -0.05) is 47.5 Å². The van der Waals surface area contributed by atoms with Crippen LogP contribution in [0.3, 0.4) is 0 Å². The van der Waals surface area contributed by atoms with Crippen LogP contribution in [0.4, 0.5) is 4.39 Å². The number of benzene rings is 2. The Morgan fingerprint density at radius 2 is 1.84 bits per heavy atom. The zero-order chi connectivity index (χ0) is 18.0. The molecular formula is C18H15FNO4S-. The van der Waals surface area contributed by atoms with Crippen LogP contribution in [0.2, 0.25) is 0 Å². The molecule has 0 spiro atoms. The molecule has 3 rings (SSSR count). The molecule has 2 aromatic carbocycles. The minimum atomic E-state index is -2.37. The smallest absolute Gasteiger partial charge is 0.339 e. The largest absolute Gasteiger partial charge is 0.772 e. The number of halogens is 1. The Morgan fingerprint density at radius 1 is 1.16 bits per heavy atom. The van der Waals surface area contributed by atoms with Crippen LogP contribution in [-0.4, -0.2) is 21.3 Å². The summed E-state index contributed by atoms with van der Waals surface area (Å²) in [6.07, 6.45) is 0. The third kappa shape index (κ3) is 3.68. The van der Waals surface area contributed by atoms with Crippen molar-refractivity contribution >= 4 is 28.2 Å². The predicted octanol–water partition coefficient (Wildman–Crippen LogP) is 2.13. The van der Waals surface area contributed by atoms with E-state index in [4.69, 9.17) is 10.5 Å². The van der Waals surface area contributed by atoms with E-state index in [-0.39, 0.29) is 12.2 Å². The molecule has 0 saturated carbocycles. The summed E-state index contributed by atoms with van der Waals surface area (Å²) in [7, 11) is 0. The van der Waals surface area contributed by atoms with Gasteiger partial charge in [0.05, 0.1) is 5.57 Å². The van der Waals surface area contributed by atoms with Crippen molar-refractivity contribution in [3.05, 3.63) is 70.5 Å². The Morgan fingerprint density at radius 3 is 2.44 bits per heavy atom. The minimum absolute atomic E-state index is 0.0408. The summed E-state index contributed by atoms with van der Waals surface area (Å²) in [5, 5.41) is 0. The SMILES string of the molecule is NCc1ccc(C2=C(c3ccc(CS(=O)[O-])c(F)c3)COC2=O)cc1. The molecule has 5 nitrogen and oxygen atoms in total. The van der Waals surface area contributed by atoms with Crippen molar-refractivity contribution in [2.24, 2.45) is 5.73 Å². The van der Waals surface area contributed by atoms with Gasteiger partial charge in [-0.3, -0.25) is 4.21 Å². The zero-order valence-electron chi connectivity index (χ0n) is 13.2. The monoisotopic (exact) mass is 360 g/mol. The summed E-state index contributed by atoms with van der Waals surface area (Å²) in [5.41, 5.74) is 8.69. The van der Waals surface area contributed by atoms with Gasteiger partial charge >= 0.3 is 5.97 Å². The molecule has 0 aliphatic carbocycles. The molecule has 0 radical (unpaired) electrons. The number of hydrogen-bond donors (Lipinski definition) is 1. The van der Waals surface area contributed by atoms with Crippen molar-refractivity contribution in [2.75, 3.05) is 6.61 Å². The molecule has 130 valence electrons. The van der Waals surface area contributed by atoms with Gasteiger partial charge in [0.1, 0.15) is 12.4 Å². The van der Waals surface area contributed by atoms with Gasteiger partial charge in [0.2, 0.25) is 0 Å². The Bertz CT molecular complexity index is 877. The second kappa shape index (κ2) is 7.26. The van der Waals surface area contributed by atoms with Crippen LogP contribution in [0.5, 0.6) is 0 Å². The molecule has 7 heteroatoms. The van der Waals surface area contributed by atoms with E-state index in [0.29, 0.717) is 28.8 Å². The lowest BCUT2D eigenvalue weighted by atomic mass is 9.95. The number of rotatable bonds is 5. The summed E-state index contributed by atoms with van der Waals surface area (Å²) >= 11 is -2.37. The van der Waals surface area contributed by atoms with Crippen molar-refractivity contribution in [1.29, 1.82) is 0 Å². The first-order valence-corrected chi connectivity index (χ1v) is 8.78. The zero-order valence-corrected chi connectivity index (χ0v) is 14.0. The lowest BCUT2D eigenvalue weighted by Gasteiger charge is -2.09. The van der Waals surface area contributed by atoms with Crippen LogP contribution in [0.25, 0.3) is 11.1 Å². The molecule has 0 fully saturated rings. The van der Waals surface area contributed by atoms with Gasteiger partial charge in [-0.05, 0) is 28.3 Å². The maximum Gasteiger partial charge on any atom is 0.339 e. The van der Waals surface area contributed by atoms with Crippen LogP contribution in [0, 0.1) is 5.82 Å². The van der Waals surface area contributed by atoms with Crippen LogP contribution in [-0.2, 0) is 32.9 Å². The molecule has 0 aromatic heterocycles. The number of carbonyl (C=O) groups excluding carboxylic acids is 1. The van der Waals surface area contributed by atoms with Crippen LogP contribution in [0.15, 0.2) is 42.5 Å². The fourth-order valence-electron chi connectivity index (χ4n) is 2.71. The van der Waals surface area contributed by atoms with E-state index in [9.17, 15) is 17.9 Å². The van der Waals surface area contributed by atoms with Gasteiger partial charge in [-0.15, -0.1) is 0 Å². The quantitative estimate of drug-likeness (QED) is 0.651. The highest BCUT2D eigenvalue weighted by atomic mass is 32.2. The third-order valence-electron chi connectivity index (χ3n) is 4.01. The van der Waals surface area contributed by atoms with Crippen molar-refractivity contribution in [2.45, 2.75) is 12.3 Å². The standard InChI is InChI=1S/C18H16FNO4S/c19-16-7-13(5-6-14(16)10-25(22)23)15-9-24-18(21)17(15)12-3-1-11(8-20)2-4-12/h1-7H,8-10,20H2,(H,22,23)/p-1. The van der Waals surface area contributed by atoms with Crippen molar-refractivity contribution < 1.29 is 22.7 Å². The summed E-state index contributed by atoms with van der Waals surface area (Å²) < 4.78 is 40.8. The summed E-state index contributed by atoms with van der Waals surface area (Å²) in [5.74, 6) is -1.50. The molecule has 25 heavy (non-hydrogen) atoms. The van der Waals surface area contributed by atoms with Gasteiger partial charge < -0.3 is 15.0 Å². The first kappa shape index (κ1) is 17.5. The highest BCUT2D eigenvalue weighted by Gasteiger charge is 2.27.